The van der Waals surface area contributed by atoms with E-state index >= 15 is 0 Å². The second-order valence-electron chi connectivity index (χ2n) is 14.0. The maximum atomic E-state index is 12.8. The number of allylic oxidation sites excluding steroid dienone is 8. The zero-order valence-corrected chi connectivity index (χ0v) is 32.7. The Morgan fingerprint density at radius 3 is 1.23 bits per heavy atom. The highest BCUT2D eigenvalue weighted by atomic mass is 32.2. The third-order valence-electron chi connectivity index (χ3n) is 8.87. The Labute approximate surface area is 295 Å². The average molecular weight is 677 g/mol. The maximum Gasteiger partial charge on any atom is 0.211 e. The quantitative estimate of drug-likeness (QED) is 0.0531. The van der Waals surface area contributed by atoms with Crippen molar-refractivity contribution in [3.05, 3.63) is 48.6 Å². The van der Waals surface area contributed by atoms with E-state index in [0.717, 1.165) is 45.1 Å². The fourth-order valence-corrected chi connectivity index (χ4v) is 7.27. The minimum atomic E-state index is -3.22. The predicted molar refractivity (Wildman–Crippen MR) is 212 cm³/mol. The summed E-state index contributed by atoms with van der Waals surface area (Å²) >= 11 is 0. The fourth-order valence-electron chi connectivity index (χ4n) is 5.90. The zero-order valence-electron chi connectivity index (χ0n) is 31.9. The lowest BCUT2D eigenvalue weighted by atomic mass is 10.0. The van der Waals surface area contributed by atoms with Gasteiger partial charge in [0.1, 0.15) is 0 Å². The Morgan fingerprint density at radius 1 is 0.489 bits per heavy atom. The third kappa shape index (κ3) is 37.5. The topological polar surface area (TPSA) is 49.4 Å². The molecule has 0 fully saturated rings. The van der Waals surface area contributed by atoms with Crippen molar-refractivity contribution in [2.75, 3.05) is 26.4 Å². The van der Waals surface area contributed by atoms with Gasteiger partial charge in [0.15, 0.2) is 0 Å². The zero-order chi connectivity index (χ0) is 34.5. The van der Waals surface area contributed by atoms with E-state index in [0.29, 0.717) is 6.42 Å². The van der Waals surface area contributed by atoms with Crippen LogP contribution in [0.15, 0.2) is 48.6 Å². The van der Waals surface area contributed by atoms with Crippen LogP contribution in [-0.2, 0) is 10.0 Å². The monoisotopic (exact) mass is 677 g/mol. The van der Waals surface area contributed by atoms with Gasteiger partial charge in [0.05, 0.1) is 5.75 Å². The fraction of sp³-hybridized carbons (Fsp3) is 0.810. The summed E-state index contributed by atoms with van der Waals surface area (Å²) in [7, 11) is 0.782. The van der Waals surface area contributed by atoms with Crippen LogP contribution >= 0.6 is 0 Å². The molecule has 0 aliphatic heterocycles. The van der Waals surface area contributed by atoms with Gasteiger partial charge in [-0.25, -0.2) is 13.1 Å². The summed E-state index contributed by atoms with van der Waals surface area (Å²) in [4.78, 5) is 2.06. The van der Waals surface area contributed by atoms with Gasteiger partial charge in [-0.1, -0.05) is 152 Å². The summed E-state index contributed by atoms with van der Waals surface area (Å²) in [5.41, 5.74) is 0. The van der Waals surface area contributed by atoms with Crippen molar-refractivity contribution in [2.45, 2.75) is 193 Å². The van der Waals surface area contributed by atoms with Gasteiger partial charge in [-0.15, -0.1) is 0 Å². The lowest BCUT2D eigenvalue weighted by Gasteiger charge is -2.19. The van der Waals surface area contributed by atoms with Gasteiger partial charge in [0.25, 0.3) is 0 Å². The molecule has 0 aromatic carbocycles. The number of nitrogens with one attached hydrogen (secondary N) is 1. The molecular formula is C42H80N2O2S. The number of rotatable bonds is 36. The van der Waals surface area contributed by atoms with Gasteiger partial charge in [-0.05, 0) is 104 Å². The molecular weight excluding hydrogens is 597 g/mol. The molecule has 0 aromatic heterocycles. The van der Waals surface area contributed by atoms with Gasteiger partial charge >= 0.3 is 0 Å². The standard InChI is InChI=1S/C42H80N2O2S/c1-5-7-9-11-13-15-17-19-21-23-25-27-29-31-33-35-38-42(43-47(45,46)41-37-40-44(3)4)39-36-34-32-30-28-26-24-22-20-18-16-14-12-10-8-6-2/h13-16,19-22,42-43H,5-12,17-18,23-41H2,1-4H3. The molecule has 0 unspecified atom stereocenters. The lowest BCUT2D eigenvalue weighted by Crippen LogP contribution is -2.37. The van der Waals surface area contributed by atoms with E-state index in [1.54, 1.807) is 0 Å². The largest absolute Gasteiger partial charge is 0.309 e. The lowest BCUT2D eigenvalue weighted by molar-refractivity contribution is 0.406. The minimum absolute atomic E-state index is 0.0935. The molecule has 0 spiro atoms. The second-order valence-corrected chi connectivity index (χ2v) is 15.9. The van der Waals surface area contributed by atoms with E-state index < -0.39 is 10.0 Å². The molecule has 0 rings (SSSR count). The molecule has 0 aliphatic carbocycles. The van der Waals surface area contributed by atoms with E-state index in [1.807, 2.05) is 14.1 Å². The van der Waals surface area contributed by atoms with Crippen molar-refractivity contribution >= 4 is 10.0 Å². The molecule has 1 N–H and O–H groups in total. The summed E-state index contributed by atoms with van der Waals surface area (Å²) in [5, 5.41) is 0. The van der Waals surface area contributed by atoms with Crippen molar-refractivity contribution < 1.29 is 8.42 Å². The number of hydrogen-bond acceptors (Lipinski definition) is 3. The van der Waals surface area contributed by atoms with Crippen molar-refractivity contribution in [1.82, 2.24) is 9.62 Å². The number of unbranched alkanes of at least 4 members (excludes halogenated alkanes) is 18. The first-order valence-electron chi connectivity index (χ1n) is 20.2. The number of hydrogen-bond donors (Lipinski definition) is 1. The van der Waals surface area contributed by atoms with E-state index in [-0.39, 0.29) is 11.8 Å². The van der Waals surface area contributed by atoms with Gasteiger partial charge in [0, 0.05) is 6.04 Å². The van der Waals surface area contributed by atoms with Gasteiger partial charge in [0.2, 0.25) is 10.0 Å². The first-order valence-corrected chi connectivity index (χ1v) is 21.8. The highest BCUT2D eigenvalue weighted by Crippen LogP contribution is 2.16. The Balaban J connectivity index is 4.15. The number of nitrogens with zero attached hydrogens (tertiary/aromatic N) is 1. The van der Waals surface area contributed by atoms with Crippen molar-refractivity contribution in [3.63, 3.8) is 0 Å². The third-order valence-corrected chi connectivity index (χ3v) is 10.4. The molecule has 0 saturated heterocycles. The molecule has 0 aromatic rings. The van der Waals surface area contributed by atoms with Crippen LogP contribution in [-0.4, -0.2) is 45.8 Å². The van der Waals surface area contributed by atoms with Crippen LogP contribution < -0.4 is 4.72 Å². The molecule has 5 heteroatoms. The summed E-state index contributed by atoms with van der Waals surface area (Å²) in [6.45, 7) is 5.32. The maximum absolute atomic E-state index is 12.8. The Kier molecular flexibility index (Phi) is 35.2. The Bertz CT molecular complexity index is 812. The minimum Gasteiger partial charge on any atom is -0.309 e. The summed E-state index contributed by atoms with van der Waals surface area (Å²) in [5.74, 6) is 0.231. The van der Waals surface area contributed by atoms with Crippen LogP contribution in [0.25, 0.3) is 0 Å². The van der Waals surface area contributed by atoms with Crippen LogP contribution in [0.2, 0.25) is 0 Å². The van der Waals surface area contributed by atoms with Crippen LogP contribution in [0.4, 0.5) is 0 Å². The highest BCUT2D eigenvalue weighted by molar-refractivity contribution is 7.89. The van der Waals surface area contributed by atoms with E-state index in [9.17, 15) is 8.42 Å². The van der Waals surface area contributed by atoms with Crippen molar-refractivity contribution in [3.8, 4) is 0 Å². The predicted octanol–water partition coefficient (Wildman–Crippen LogP) is 12.6. The molecule has 0 radical (unpaired) electrons. The highest BCUT2D eigenvalue weighted by Gasteiger charge is 2.17. The Hall–Kier alpha value is -1.17. The SMILES string of the molecule is CCCCCC=CCC=CCCCCCCCCC(CCCCCCCCC=CCC=CCCCCC)NS(=O)(=O)CCCN(C)C. The molecule has 47 heavy (non-hydrogen) atoms. The first-order chi connectivity index (χ1) is 22.9. The molecule has 0 atom stereocenters. The van der Waals surface area contributed by atoms with Gasteiger partial charge in [-0.3, -0.25) is 0 Å². The molecule has 276 valence electrons. The second kappa shape index (κ2) is 36.1. The smallest absolute Gasteiger partial charge is 0.211 e. The normalized spacial score (nSPS) is 13.5. The molecule has 0 heterocycles. The van der Waals surface area contributed by atoms with Gasteiger partial charge in [-0.2, -0.15) is 0 Å². The molecule has 0 saturated carbocycles. The first kappa shape index (κ1) is 45.8. The van der Waals surface area contributed by atoms with Gasteiger partial charge < -0.3 is 4.90 Å². The molecule has 0 aliphatic rings. The van der Waals surface area contributed by atoms with E-state index in [4.69, 9.17) is 0 Å². The molecule has 0 bridgehead atoms. The number of sulfonamides is 1. The molecule has 4 nitrogen and oxygen atoms in total. The van der Waals surface area contributed by atoms with Crippen LogP contribution in [0.5, 0.6) is 0 Å². The summed E-state index contributed by atoms with van der Waals surface area (Å²) in [6, 6.07) is 0.0935. The average Bonchev–Trinajstić information content (AvgIpc) is 3.03. The molecule has 0 amide bonds. The van der Waals surface area contributed by atoms with Crippen LogP contribution in [0.3, 0.4) is 0 Å². The van der Waals surface area contributed by atoms with E-state index in [2.05, 4.69) is 72.1 Å². The van der Waals surface area contributed by atoms with Crippen LogP contribution in [0, 0.1) is 0 Å². The van der Waals surface area contributed by atoms with E-state index in [1.165, 1.54) is 128 Å². The van der Waals surface area contributed by atoms with Crippen molar-refractivity contribution in [1.29, 1.82) is 0 Å². The summed E-state index contributed by atoms with van der Waals surface area (Å²) < 4.78 is 28.7. The Morgan fingerprint density at radius 2 is 0.851 bits per heavy atom. The van der Waals surface area contributed by atoms with Crippen LogP contribution in [0.1, 0.15) is 187 Å². The summed E-state index contributed by atoms with van der Waals surface area (Å²) in [6.07, 6.45) is 51.0. The van der Waals surface area contributed by atoms with Crippen molar-refractivity contribution in [2.24, 2.45) is 0 Å².